The Kier molecular flexibility index (Phi) is 6.77. The summed E-state index contributed by atoms with van der Waals surface area (Å²) in [7, 11) is 0. The fourth-order valence-electron chi connectivity index (χ4n) is 3.04. The van der Waals surface area contributed by atoms with Crippen molar-refractivity contribution in [1.82, 2.24) is 9.97 Å². The molecule has 0 bridgehead atoms. The van der Waals surface area contributed by atoms with Crippen LogP contribution in [0.15, 0.2) is 43.0 Å². The Labute approximate surface area is 175 Å². The highest BCUT2D eigenvalue weighted by Crippen LogP contribution is 2.30. The summed E-state index contributed by atoms with van der Waals surface area (Å²) in [5.74, 6) is 1.30. The van der Waals surface area contributed by atoms with E-state index in [1.807, 2.05) is 56.3 Å². The van der Waals surface area contributed by atoms with Crippen LogP contribution in [-0.2, 0) is 22.4 Å². The van der Waals surface area contributed by atoms with Crippen LogP contribution in [-0.4, -0.2) is 22.5 Å². The molecular weight excluding hydrogens is 382 g/mol. The smallest absolute Gasteiger partial charge is 0.310 e. The summed E-state index contributed by atoms with van der Waals surface area (Å²) in [6.45, 7) is 10.1. The van der Waals surface area contributed by atoms with Gasteiger partial charge >= 0.3 is 5.97 Å². The number of aryl methyl sites for hydroxylation is 1. The largest absolute Gasteiger partial charge is 0.466 e. The molecule has 29 heavy (non-hydrogen) atoms. The summed E-state index contributed by atoms with van der Waals surface area (Å²) < 4.78 is 5.00. The van der Waals surface area contributed by atoms with Gasteiger partial charge in [0.05, 0.1) is 17.9 Å². The number of rotatable bonds is 8. The average Bonchev–Trinajstić information content (AvgIpc) is 3.19. The molecule has 0 atom stereocenters. The number of benzene rings is 1. The predicted molar refractivity (Wildman–Crippen MR) is 120 cm³/mol. The van der Waals surface area contributed by atoms with Gasteiger partial charge in [0.25, 0.3) is 0 Å². The highest BCUT2D eigenvalue weighted by Gasteiger charge is 2.13. The molecule has 150 valence electrons. The lowest BCUT2D eigenvalue weighted by atomic mass is 10.1. The van der Waals surface area contributed by atoms with Gasteiger partial charge in [-0.2, -0.15) is 0 Å². The number of ether oxygens (including phenoxy) is 1. The van der Waals surface area contributed by atoms with Crippen molar-refractivity contribution in [3.05, 3.63) is 64.7 Å². The Morgan fingerprint density at radius 1 is 1.17 bits per heavy atom. The molecule has 0 spiro atoms. The molecule has 0 unspecified atom stereocenters. The fourth-order valence-corrected chi connectivity index (χ4v) is 3.83. The number of carbonyl (C=O) groups is 1. The fraction of sp³-hybridized carbons (Fsp3) is 0.261. The van der Waals surface area contributed by atoms with Crippen LogP contribution in [0.1, 0.15) is 35.5 Å². The summed E-state index contributed by atoms with van der Waals surface area (Å²) in [5.41, 5.74) is 3.88. The second-order valence-corrected chi connectivity index (χ2v) is 7.64. The molecule has 0 radical (unpaired) electrons. The third-order valence-corrected chi connectivity index (χ3v) is 5.56. The molecule has 2 aromatic heterocycles. The van der Waals surface area contributed by atoms with E-state index in [1.165, 1.54) is 0 Å². The maximum atomic E-state index is 11.6. The molecule has 0 aliphatic heterocycles. The summed E-state index contributed by atoms with van der Waals surface area (Å²) >= 11 is 1.62. The number of nitrogens with one attached hydrogen (secondary N) is 1. The highest BCUT2D eigenvalue weighted by atomic mass is 32.1. The van der Waals surface area contributed by atoms with E-state index in [0.29, 0.717) is 12.4 Å². The van der Waals surface area contributed by atoms with Gasteiger partial charge in [0.1, 0.15) is 5.82 Å². The van der Waals surface area contributed by atoms with Crippen molar-refractivity contribution in [3.8, 4) is 10.7 Å². The van der Waals surface area contributed by atoms with E-state index in [0.717, 1.165) is 44.5 Å². The minimum absolute atomic E-state index is 0.215. The Bertz CT molecular complexity index is 1010. The Hall–Kier alpha value is -2.99. The number of nitrogens with zero attached hydrogens (tertiary/aromatic N) is 2. The van der Waals surface area contributed by atoms with Gasteiger partial charge in [-0.3, -0.25) is 4.79 Å². The van der Waals surface area contributed by atoms with Gasteiger partial charge in [-0.15, -0.1) is 11.3 Å². The van der Waals surface area contributed by atoms with Crippen molar-refractivity contribution in [2.75, 3.05) is 11.9 Å². The summed E-state index contributed by atoms with van der Waals surface area (Å²) in [6.07, 6.45) is 2.94. The minimum Gasteiger partial charge on any atom is -0.466 e. The number of carbonyl (C=O) groups excluding carboxylic acids is 1. The van der Waals surface area contributed by atoms with E-state index >= 15 is 0 Å². The number of anilines is 2. The Balaban J connectivity index is 1.85. The lowest BCUT2D eigenvalue weighted by Gasteiger charge is -2.14. The summed E-state index contributed by atoms with van der Waals surface area (Å²) in [5, 5.41) is 3.42. The molecule has 1 N–H and O–H groups in total. The Morgan fingerprint density at radius 3 is 2.55 bits per heavy atom. The van der Waals surface area contributed by atoms with E-state index in [-0.39, 0.29) is 12.4 Å². The molecule has 0 aliphatic rings. The molecule has 0 aliphatic carbocycles. The third kappa shape index (κ3) is 5.09. The van der Waals surface area contributed by atoms with Gasteiger partial charge in [-0.05, 0) is 50.1 Å². The molecular formula is C23H25N3O2S. The molecule has 3 rings (SSSR count). The first kappa shape index (κ1) is 20.7. The van der Waals surface area contributed by atoms with Crippen LogP contribution in [0.5, 0.6) is 0 Å². The van der Waals surface area contributed by atoms with Crippen molar-refractivity contribution < 1.29 is 9.53 Å². The van der Waals surface area contributed by atoms with Crippen molar-refractivity contribution in [2.45, 2.75) is 33.6 Å². The normalized spacial score (nSPS) is 10.6. The molecule has 5 nitrogen and oxygen atoms in total. The second-order valence-electron chi connectivity index (χ2n) is 6.52. The first-order chi connectivity index (χ1) is 14.0. The number of thiophene rings is 1. The molecule has 0 fully saturated rings. The van der Waals surface area contributed by atoms with Crippen LogP contribution in [0.2, 0.25) is 0 Å². The van der Waals surface area contributed by atoms with Crippen molar-refractivity contribution >= 4 is 34.9 Å². The Morgan fingerprint density at radius 2 is 1.93 bits per heavy atom. The van der Waals surface area contributed by atoms with Crippen LogP contribution in [0.25, 0.3) is 16.8 Å². The van der Waals surface area contributed by atoms with Gasteiger partial charge in [-0.1, -0.05) is 31.7 Å². The van der Waals surface area contributed by atoms with E-state index < -0.39 is 0 Å². The zero-order chi connectivity index (χ0) is 20.8. The minimum atomic E-state index is -0.215. The molecule has 0 saturated carbocycles. The topological polar surface area (TPSA) is 64.1 Å². The first-order valence-corrected chi connectivity index (χ1v) is 10.5. The van der Waals surface area contributed by atoms with Crippen LogP contribution in [0.3, 0.4) is 0 Å². The van der Waals surface area contributed by atoms with Gasteiger partial charge in [0.15, 0.2) is 5.82 Å². The van der Waals surface area contributed by atoms with Gasteiger partial charge in [0.2, 0.25) is 0 Å². The first-order valence-electron chi connectivity index (χ1n) is 9.65. The quantitative estimate of drug-likeness (QED) is 0.495. The predicted octanol–water partition coefficient (Wildman–Crippen LogP) is 5.57. The zero-order valence-electron chi connectivity index (χ0n) is 17.0. The van der Waals surface area contributed by atoms with Crippen LogP contribution < -0.4 is 5.32 Å². The van der Waals surface area contributed by atoms with Crippen LogP contribution in [0, 0.1) is 6.92 Å². The summed E-state index contributed by atoms with van der Waals surface area (Å²) in [4.78, 5) is 23.2. The van der Waals surface area contributed by atoms with E-state index in [1.54, 1.807) is 11.3 Å². The van der Waals surface area contributed by atoms with Crippen LogP contribution >= 0.6 is 11.3 Å². The van der Waals surface area contributed by atoms with Gasteiger partial charge in [0, 0.05) is 21.8 Å². The monoisotopic (exact) mass is 407 g/mol. The standard InChI is InChI=1S/C23H25N3O2S/c1-5-18-12-13-20(29-18)23-24-15(4)19(6-2)22(26-23)25-17-10-8-16(9-11-17)14-21(27)28-7-3/h5,8-13H,1,6-7,14H2,2-4H3,(H,24,25,26). The third-order valence-electron chi connectivity index (χ3n) is 4.49. The van der Waals surface area contributed by atoms with E-state index in [2.05, 4.69) is 18.8 Å². The second kappa shape index (κ2) is 9.47. The van der Waals surface area contributed by atoms with Crippen molar-refractivity contribution in [2.24, 2.45) is 0 Å². The van der Waals surface area contributed by atoms with Crippen molar-refractivity contribution in [3.63, 3.8) is 0 Å². The maximum absolute atomic E-state index is 11.6. The molecule has 0 amide bonds. The number of aromatic nitrogens is 2. The number of hydrogen-bond acceptors (Lipinski definition) is 6. The average molecular weight is 408 g/mol. The number of esters is 1. The van der Waals surface area contributed by atoms with E-state index in [9.17, 15) is 4.79 Å². The van der Waals surface area contributed by atoms with E-state index in [4.69, 9.17) is 14.7 Å². The molecule has 6 heteroatoms. The molecule has 3 aromatic rings. The zero-order valence-corrected chi connectivity index (χ0v) is 17.8. The van der Waals surface area contributed by atoms with Crippen LogP contribution in [0.4, 0.5) is 11.5 Å². The lowest BCUT2D eigenvalue weighted by Crippen LogP contribution is -2.07. The lowest BCUT2D eigenvalue weighted by molar-refractivity contribution is -0.142. The maximum Gasteiger partial charge on any atom is 0.310 e. The highest BCUT2D eigenvalue weighted by molar-refractivity contribution is 7.16. The van der Waals surface area contributed by atoms with Gasteiger partial charge < -0.3 is 10.1 Å². The summed E-state index contributed by atoms with van der Waals surface area (Å²) in [6, 6.07) is 11.8. The molecule has 0 saturated heterocycles. The number of hydrogen-bond donors (Lipinski definition) is 1. The SMILES string of the molecule is C=Cc1ccc(-c2nc(C)c(CC)c(Nc3ccc(CC(=O)OCC)cc3)n2)s1. The van der Waals surface area contributed by atoms with Gasteiger partial charge in [-0.25, -0.2) is 9.97 Å². The van der Waals surface area contributed by atoms with Crippen molar-refractivity contribution in [1.29, 1.82) is 0 Å². The molecule has 2 heterocycles. The molecule has 1 aromatic carbocycles.